The number of thioether (sulfide) groups is 1. The maximum Gasteiger partial charge on any atom is 0.192 e. The van der Waals surface area contributed by atoms with E-state index in [0.717, 1.165) is 22.5 Å². The molecule has 168 valence electrons. The molecule has 1 aromatic carbocycles. The van der Waals surface area contributed by atoms with Gasteiger partial charge in [-0.2, -0.15) is 0 Å². The molecule has 33 heavy (non-hydrogen) atoms. The first-order valence-electron chi connectivity index (χ1n) is 10.5. The van der Waals surface area contributed by atoms with Crippen molar-refractivity contribution in [1.82, 2.24) is 24.3 Å². The Balaban J connectivity index is 1.51. The molecule has 0 bridgehead atoms. The van der Waals surface area contributed by atoms with Crippen LogP contribution in [-0.4, -0.2) is 35.9 Å². The highest BCUT2D eigenvalue weighted by Crippen LogP contribution is 2.26. The van der Waals surface area contributed by atoms with E-state index >= 15 is 0 Å². The van der Waals surface area contributed by atoms with Crippen molar-refractivity contribution >= 4 is 17.5 Å². The monoisotopic (exact) mass is 461 g/mol. The molecule has 3 heterocycles. The van der Waals surface area contributed by atoms with Gasteiger partial charge in [-0.1, -0.05) is 30.0 Å². The van der Waals surface area contributed by atoms with E-state index in [0.29, 0.717) is 29.6 Å². The second-order valence-corrected chi connectivity index (χ2v) is 8.59. The van der Waals surface area contributed by atoms with Gasteiger partial charge in [0, 0.05) is 48.0 Å². The maximum atomic E-state index is 13.2. The molecule has 0 N–H and O–H groups in total. The Morgan fingerprint density at radius 1 is 1.09 bits per heavy atom. The van der Waals surface area contributed by atoms with Crippen LogP contribution >= 0.6 is 11.8 Å². The second kappa shape index (κ2) is 9.95. The molecule has 4 rings (SSSR count). The van der Waals surface area contributed by atoms with E-state index < -0.39 is 0 Å². The summed E-state index contributed by atoms with van der Waals surface area (Å²) in [5.74, 6) is 0.720. The number of carbonyl (C=O) groups is 1. The number of ketones is 1. The molecular formula is C25H24FN5OS. The number of nitrogens with zero attached hydrogens (tertiary/aromatic N) is 5. The second-order valence-electron chi connectivity index (χ2n) is 7.65. The average molecular weight is 462 g/mol. The molecule has 0 aliphatic heterocycles. The van der Waals surface area contributed by atoms with E-state index in [1.807, 2.05) is 36.6 Å². The Labute approximate surface area is 196 Å². The minimum Gasteiger partial charge on any atom is -0.344 e. The molecule has 0 spiro atoms. The Kier molecular flexibility index (Phi) is 6.84. The van der Waals surface area contributed by atoms with Crippen LogP contribution in [0.2, 0.25) is 0 Å². The number of Topliss-reactive ketones (excluding diaryl/α,β-unsaturated/α-hetero) is 1. The van der Waals surface area contributed by atoms with Gasteiger partial charge in [0.05, 0.1) is 5.75 Å². The number of hydrogen-bond acceptors (Lipinski definition) is 5. The van der Waals surface area contributed by atoms with Crippen molar-refractivity contribution in [2.24, 2.45) is 0 Å². The minimum atomic E-state index is -0.260. The van der Waals surface area contributed by atoms with E-state index in [2.05, 4.69) is 26.3 Å². The van der Waals surface area contributed by atoms with Crippen LogP contribution in [0.25, 0.3) is 11.4 Å². The molecule has 0 amide bonds. The van der Waals surface area contributed by atoms with E-state index in [4.69, 9.17) is 0 Å². The van der Waals surface area contributed by atoms with Crippen molar-refractivity contribution in [2.45, 2.75) is 32.1 Å². The minimum absolute atomic E-state index is 0.0251. The third kappa shape index (κ3) is 4.96. The van der Waals surface area contributed by atoms with Gasteiger partial charge in [-0.15, -0.1) is 16.8 Å². The summed E-state index contributed by atoms with van der Waals surface area (Å²) in [5.41, 5.74) is 4.45. The summed E-state index contributed by atoms with van der Waals surface area (Å²) < 4.78 is 17.2. The zero-order valence-electron chi connectivity index (χ0n) is 18.5. The van der Waals surface area contributed by atoms with Crippen molar-refractivity contribution in [3.05, 3.63) is 95.8 Å². The summed E-state index contributed by atoms with van der Waals surface area (Å²) in [5, 5.41) is 9.29. The molecule has 0 saturated heterocycles. The standard InChI is InChI=1S/C25H24FN5OS/c1-4-13-30-24(20-9-11-27-12-10-20)28-29-25(30)33-16-23(32)22-14-17(2)31(18(22)3)15-19-5-7-21(26)8-6-19/h4-12,14H,1,13,15-16H2,2-3H3. The van der Waals surface area contributed by atoms with Crippen molar-refractivity contribution < 1.29 is 9.18 Å². The van der Waals surface area contributed by atoms with Crippen LogP contribution < -0.4 is 0 Å². The molecule has 6 nitrogen and oxygen atoms in total. The van der Waals surface area contributed by atoms with Crippen molar-refractivity contribution in [3.63, 3.8) is 0 Å². The van der Waals surface area contributed by atoms with Gasteiger partial charge in [0.2, 0.25) is 0 Å². The Bertz CT molecular complexity index is 1280. The first kappa shape index (κ1) is 22.7. The largest absolute Gasteiger partial charge is 0.344 e. The summed E-state index contributed by atoms with van der Waals surface area (Å²) in [7, 11) is 0. The lowest BCUT2D eigenvalue weighted by molar-refractivity contribution is 0.102. The van der Waals surface area contributed by atoms with Crippen molar-refractivity contribution in [3.8, 4) is 11.4 Å². The molecule has 0 fully saturated rings. The summed E-state index contributed by atoms with van der Waals surface area (Å²) in [6.45, 7) is 8.86. The van der Waals surface area contributed by atoms with Crippen molar-refractivity contribution in [1.29, 1.82) is 0 Å². The predicted octanol–water partition coefficient (Wildman–Crippen LogP) is 5.11. The Morgan fingerprint density at radius 2 is 1.82 bits per heavy atom. The average Bonchev–Trinajstić information content (AvgIpc) is 3.35. The van der Waals surface area contributed by atoms with Gasteiger partial charge in [-0.25, -0.2) is 4.39 Å². The lowest BCUT2D eigenvalue weighted by atomic mass is 10.2. The van der Waals surface area contributed by atoms with Crippen LogP contribution in [0.3, 0.4) is 0 Å². The molecular weight excluding hydrogens is 437 g/mol. The smallest absolute Gasteiger partial charge is 0.192 e. The molecule has 3 aromatic heterocycles. The maximum absolute atomic E-state index is 13.2. The molecule has 4 aromatic rings. The summed E-state index contributed by atoms with van der Waals surface area (Å²) in [6.07, 6.45) is 5.20. The van der Waals surface area contributed by atoms with Crippen LogP contribution in [0, 0.1) is 19.7 Å². The van der Waals surface area contributed by atoms with Crippen molar-refractivity contribution in [2.75, 3.05) is 5.75 Å². The lowest BCUT2D eigenvalue weighted by Gasteiger charge is -2.10. The molecule has 0 unspecified atom stereocenters. The fourth-order valence-corrected chi connectivity index (χ4v) is 4.54. The molecule has 0 aliphatic rings. The highest BCUT2D eigenvalue weighted by molar-refractivity contribution is 7.99. The molecule has 8 heteroatoms. The number of benzene rings is 1. The van der Waals surface area contributed by atoms with E-state index in [-0.39, 0.29) is 17.4 Å². The highest BCUT2D eigenvalue weighted by Gasteiger charge is 2.19. The summed E-state index contributed by atoms with van der Waals surface area (Å²) in [4.78, 5) is 17.1. The number of aryl methyl sites for hydroxylation is 1. The van der Waals surface area contributed by atoms with Gasteiger partial charge in [-0.3, -0.25) is 14.3 Å². The number of rotatable bonds is 9. The van der Waals surface area contributed by atoms with Crippen LogP contribution in [0.5, 0.6) is 0 Å². The number of hydrogen-bond donors (Lipinski definition) is 0. The topological polar surface area (TPSA) is 65.6 Å². The molecule has 0 atom stereocenters. The van der Waals surface area contributed by atoms with Gasteiger partial charge >= 0.3 is 0 Å². The van der Waals surface area contributed by atoms with Crippen LogP contribution in [0.15, 0.2) is 72.7 Å². The zero-order chi connectivity index (χ0) is 23.4. The fourth-order valence-electron chi connectivity index (χ4n) is 3.71. The van der Waals surface area contributed by atoms with Gasteiger partial charge in [0.25, 0.3) is 0 Å². The lowest BCUT2D eigenvalue weighted by Crippen LogP contribution is -2.08. The van der Waals surface area contributed by atoms with Crippen LogP contribution in [0.4, 0.5) is 4.39 Å². The number of pyridine rings is 1. The highest BCUT2D eigenvalue weighted by atomic mass is 32.2. The number of carbonyl (C=O) groups excluding carboxylic acids is 1. The zero-order valence-corrected chi connectivity index (χ0v) is 19.3. The SMILES string of the molecule is C=CCn1c(SCC(=O)c2cc(C)n(Cc3ccc(F)cc3)c2C)nnc1-c1ccncc1. The summed E-state index contributed by atoms with van der Waals surface area (Å²) >= 11 is 1.36. The van der Waals surface area contributed by atoms with Gasteiger partial charge in [0.15, 0.2) is 16.8 Å². The van der Waals surface area contributed by atoms with Crippen LogP contribution in [0.1, 0.15) is 27.3 Å². The van der Waals surface area contributed by atoms with Gasteiger partial charge in [-0.05, 0) is 49.7 Å². The van der Waals surface area contributed by atoms with E-state index in [1.54, 1.807) is 30.6 Å². The first-order valence-corrected chi connectivity index (χ1v) is 11.5. The first-order chi connectivity index (χ1) is 16.0. The Hall–Kier alpha value is -3.52. The number of halogens is 1. The Morgan fingerprint density at radius 3 is 2.52 bits per heavy atom. The summed E-state index contributed by atoms with van der Waals surface area (Å²) in [6, 6.07) is 12.1. The fraction of sp³-hybridized carbons (Fsp3) is 0.200. The van der Waals surface area contributed by atoms with Gasteiger partial charge in [0.1, 0.15) is 5.82 Å². The molecule has 0 radical (unpaired) electrons. The van der Waals surface area contributed by atoms with Gasteiger partial charge < -0.3 is 4.57 Å². The van der Waals surface area contributed by atoms with Crippen LogP contribution in [-0.2, 0) is 13.1 Å². The quantitative estimate of drug-likeness (QED) is 0.197. The molecule has 0 aliphatic carbocycles. The predicted molar refractivity (Wildman–Crippen MR) is 128 cm³/mol. The number of aromatic nitrogens is 5. The third-order valence-corrected chi connectivity index (χ3v) is 6.39. The van der Waals surface area contributed by atoms with E-state index in [1.165, 1.54) is 23.9 Å². The number of allylic oxidation sites excluding steroid dienone is 1. The third-order valence-electron chi connectivity index (χ3n) is 5.43. The molecule has 0 saturated carbocycles. The normalized spacial score (nSPS) is 11.0. The van der Waals surface area contributed by atoms with E-state index in [9.17, 15) is 9.18 Å².